The van der Waals surface area contributed by atoms with Crippen LogP contribution in [0.15, 0.2) is 22.7 Å². The highest BCUT2D eigenvalue weighted by Crippen LogP contribution is 2.29. The van der Waals surface area contributed by atoms with Gasteiger partial charge in [-0.3, -0.25) is 4.79 Å². The van der Waals surface area contributed by atoms with Crippen LogP contribution >= 0.6 is 0 Å². The monoisotopic (exact) mass is 424 g/mol. The average molecular weight is 425 g/mol. The van der Waals surface area contributed by atoms with Crippen LogP contribution in [0.3, 0.4) is 0 Å². The van der Waals surface area contributed by atoms with Crippen molar-refractivity contribution in [3.05, 3.63) is 24.1 Å². The van der Waals surface area contributed by atoms with E-state index < -0.39 is 0 Å². The van der Waals surface area contributed by atoms with Gasteiger partial charge >= 0.3 is 0 Å². The maximum Gasteiger partial charge on any atom is 0.226 e. The predicted molar refractivity (Wildman–Crippen MR) is 113 cm³/mol. The van der Waals surface area contributed by atoms with Gasteiger partial charge in [0.15, 0.2) is 0 Å². The van der Waals surface area contributed by atoms with Crippen molar-refractivity contribution in [2.24, 2.45) is 5.92 Å². The zero-order chi connectivity index (χ0) is 21.0. The molecule has 1 saturated carbocycles. The third-order valence-corrected chi connectivity index (χ3v) is 6.38. The van der Waals surface area contributed by atoms with Gasteiger partial charge in [-0.1, -0.05) is 36.1 Å². The molecule has 0 N–H and O–H groups in total. The molecule has 0 atom stereocenters. The minimum absolute atomic E-state index is 0.125. The number of hydrogen-bond acceptors (Lipinski definition) is 7. The molecule has 3 aromatic rings. The Hall–Kier alpha value is -2.81. The number of hydrogen-bond donors (Lipinski definition) is 0. The summed E-state index contributed by atoms with van der Waals surface area (Å²) in [6.07, 6.45) is 7.71. The van der Waals surface area contributed by atoms with Crippen LogP contribution in [0.5, 0.6) is 0 Å². The van der Waals surface area contributed by atoms with Gasteiger partial charge in [0, 0.05) is 31.5 Å². The third-order valence-electron chi connectivity index (χ3n) is 6.38. The minimum atomic E-state index is 0.125. The fourth-order valence-corrected chi connectivity index (χ4v) is 4.55. The van der Waals surface area contributed by atoms with Crippen molar-refractivity contribution in [3.8, 4) is 11.4 Å². The zero-order valence-electron chi connectivity index (χ0n) is 17.7. The van der Waals surface area contributed by atoms with Crippen molar-refractivity contribution in [1.82, 2.24) is 30.0 Å². The van der Waals surface area contributed by atoms with Gasteiger partial charge in [-0.2, -0.15) is 4.98 Å². The number of aromatic nitrogens is 5. The Morgan fingerprint density at radius 1 is 1.16 bits per heavy atom. The number of ether oxygens (including phenoxy) is 1. The van der Waals surface area contributed by atoms with Crippen LogP contribution in [0.2, 0.25) is 0 Å². The van der Waals surface area contributed by atoms with Crippen LogP contribution in [0, 0.1) is 5.92 Å². The molecule has 9 heteroatoms. The topological polar surface area (TPSA) is 99.2 Å². The number of morpholine rings is 1. The standard InChI is InChI=1S/C22H28N6O3/c29-21(27-11-13-30-14-12-27)9-10-28-19-7-6-17(15-18(19)24-26-28)22-23-20(31-25-22)8-5-16-3-1-2-4-16/h6-7,15-16H,1-5,8-14H2. The van der Waals surface area contributed by atoms with Crippen LogP contribution in [-0.4, -0.2) is 62.2 Å². The van der Waals surface area contributed by atoms with Gasteiger partial charge in [0.05, 0.1) is 25.3 Å². The maximum absolute atomic E-state index is 12.4. The molecule has 1 aliphatic heterocycles. The van der Waals surface area contributed by atoms with E-state index in [1.807, 2.05) is 23.1 Å². The van der Waals surface area contributed by atoms with Gasteiger partial charge in [0.25, 0.3) is 0 Å². The summed E-state index contributed by atoms with van der Waals surface area (Å²) in [6.45, 7) is 3.04. The van der Waals surface area contributed by atoms with Crippen LogP contribution in [0.4, 0.5) is 0 Å². The lowest BCUT2D eigenvalue weighted by Gasteiger charge is -2.26. The van der Waals surface area contributed by atoms with Crippen molar-refractivity contribution >= 4 is 16.9 Å². The fraction of sp³-hybridized carbons (Fsp3) is 0.591. The number of carbonyl (C=O) groups excluding carboxylic acids is 1. The molecule has 3 heterocycles. The zero-order valence-corrected chi connectivity index (χ0v) is 17.7. The highest BCUT2D eigenvalue weighted by molar-refractivity contribution is 5.80. The summed E-state index contributed by atoms with van der Waals surface area (Å²) in [5.41, 5.74) is 2.51. The normalized spacial score (nSPS) is 17.6. The predicted octanol–water partition coefficient (Wildman–Crippen LogP) is 2.85. The lowest BCUT2D eigenvalue weighted by Crippen LogP contribution is -2.41. The molecule has 0 spiro atoms. The maximum atomic E-state index is 12.4. The number of amides is 1. The van der Waals surface area contributed by atoms with Gasteiger partial charge in [0.2, 0.25) is 17.6 Å². The number of fused-ring (bicyclic) bond motifs is 1. The van der Waals surface area contributed by atoms with E-state index in [4.69, 9.17) is 9.26 Å². The molecule has 2 aliphatic rings. The Labute approximate surface area is 180 Å². The second-order valence-corrected chi connectivity index (χ2v) is 8.46. The van der Waals surface area contributed by atoms with Gasteiger partial charge in [-0.15, -0.1) is 5.10 Å². The number of carbonyl (C=O) groups is 1. The first-order chi connectivity index (χ1) is 15.3. The molecule has 0 unspecified atom stereocenters. The first-order valence-corrected chi connectivity index (χ1v) is 11.3. The highest BCUT2D eigenvalue weighted by atomic mass is 16.5. The first-order valence-electron chi connectivity index (χ1n) is 11.3. The number of aryl methyl sites for hydroxylation is 2. The van der Waals surface area contributed by atoms with E-state index in [1.54, 1.807) is 4.68 Å². The average Bonchev–Trinajstić information content (AvgIpc) is 3.57. The molecule has 2 fully saturated rings. The molecule has 1 aliphatic carbocycles. The molecular formula is C22H28N6O3. The molecule has 1 amide bonds. The van der Waals surface area contributed by atoms with E-state index in [9.17, 15) is 4.79 Å². The molecule has 1 saturated heterocycles. The summed E-state index contributed by atoms with van der Waals surface area (Å²) in [4.78, 5) is 18.8. The Bertz CT molecular complexity index is 1030. The molecule has 164 valence electrons. The summed E-state index contributed by atoms with van der Waals surface area (Å²) >= 11 is 0. The van der Waals surface area contributed by atoms with E-state index in [0.717, 1.165) is 35.4 Å². The second kappa shape index (κ2) is 9.13. The minimum Gasteiger partial charge on any atom is -0.378 e. The molecular weight excluding hydrogens is 396 g/mol. The summed E-state index contributed by atoms with van der Waals surface area (Å²) in [5.74, 6) is 2.21. The van der Waals surface area contributed by atoms with Crippen LogP contribution in [0.25, 0.3) is 22.4 Å². The molecule has 0 bridgehead atoms. The van der Waals surface area contributed by atoms with E-state index in [1.165, 1.54) is 25.7 Å². The Kier molecular flexibility index (Phi) is 5.93. The lowest BCUT2D eigenvalue weighted by molar-refractivity contribution is -0.135. The van der Waals surface area contributed by atoms with Crippen molar-refractivity contribution in [2.75, 3.05) is 26.3 Å². The summed E-state index contributed by atoms with van der Waals surface area (Å²) < 4.78 is 12.5. The van der Waals surface area contributed by atoms with Crippen molar-refractivity contribution < 1.29 is 14.1 Å². The van der Waals surface area contributed by atoms with Crippen LogP contribution in [-0.2, 0) is 22.5 Å². The van der Waals surface area contributed by atoms with Gasteiger partial charge in [0.1, 0.15) is 5.52 Å². The summed E-state index contributed by atoms with van der Waals surface area (Å²) in [7, 11) is 0. The van der Waals surface area contributed by atoms with E-state index in [-0.39, 0.29) is 5.91 Å². The van der Waals surface area contributed by atoms with Gasteiger partial charge in [-0.05, 0) is 30.5 Å². The van der Waals surface area contributed by atoms with Gasteiger partial charge in [-0.25, -0.2) is 4.68 Å². The highest BCUT2D eigenvalue weighted by Gasteiger charge is 2.19. The number of nitrogens with zero attached hydrogens (tertiary/aromatic N) is 6. The first kappa shape index (κ1) is 20.1. The third kappa shape index (κ3) is 4.61. The number of benzene rings is 1. The molecule has 2 aromatic heterocycles. The quantitative estimate of drug-likeness (QED) is 0.575. The van der Waals surface area contributed by atoms with E-state index in [0.29, 0.717) is 51.0 Å². The number of rotatable bonds is 7. The van der Waals surface area contributed by atoms with Crippen LogP contribution in [0.1, 0.15) is 44.4 Å². The smallest absolute Gasteiger partial charge is 0.226 e. The summed E-state index contributed by atoms with van der Waals surface area (Å²) in [5, 5.41) is 12.7. The van der Waals surface area contributed by atoms with E-state index in [2.05, 4.69) is 20.5 Å². The van der Waals surface area contributed by atoms with Crippen molar-refractivity contribution in [1.29, 1.82) is 0 Å². The molecule has 31 heavy (non-hydrogen) atoms. The SMILES string of the molecule is O=C(CCn1nnc2cc(-c3noc(CCC4CCCC4)n3)ccc21)N1CCOCC1. The van der Waals surface area contributed by atoms with Crippen molar-refractivity contribution in [2.45, 2.75) is 51.5 Å². The van der Waals surface area contributed by atoms with Crippen LogP contribution < -0.4 is 0 Å². The Morgan fingerprint density at radius 2 is 2.00 bits per heavy atom. The molecule has 1 aromatic carbocycles. The molecule has 5 rings (SSSR count). The summed E-state index contributed by atoms with van der Waals surface area (Å²) in [6, 6.07) is 5.84. The lowest BCUT2D eigenvalue weighted by atomic mass is 10.0. The molecule has 0 radical (unpaired) electrons. The Balaban J connectivity index is 1.22. The fourth-order valence-electron chi connectivity index (χ4n) is 4.55. The Morgan fingerprint density at radius 3 is 2.84 bits per heavy atom. The van der Waals surface area contributed by atoms with Gasteiger partial charge < -0.3 is 14.2 Å². The largest absolute Gasteiger partial charge is 0.378 e. The van der Waals surface area contributed by atoms with Crippen molar-refractivity contribution in [3.63, 3.8) is 0 Å². The second-order valence-electron chi connectivity index (χ2n) is 8.46. The molecule has 9 nitrogen and oxygen atoms in total. The van der Waals surface area contributed by atoms with E-state index >= 15 is 0 Å².